The molecule has 0 bridgehead atoms. The van der Waals surface area contributed by atoms with Gasteiger partial charge >= 0.3 is 0 Å². The molecule has 1 N–H and O–H groups in total. The van der Waals surface area contributed by atoms with E-state index in [9.17, 15) is 8.42 Å². The third kappa shape index (κ3) is 4.29. The van der Waals surface area contributed by atoms with Gasteiger partial charge in [-0.25, -0.2) is 13.1 Å². The highest BCUT2D eigenvalue weighted by atomic mass is 79.9. The van der Waals surface area contributed by atoms with Crippen LogP contribution in [0.25, 0.3) is 0 Å². The van der Waals surface area contributed by atoms with Crippen LogP contribution in [0.2, 0.25) is 0 Å². The van der Waals surface area contributed by atoms with Gasteiger partial charge in [-0.15, -0.1) is 0 Å². The summed E-state index contributed by atoms with van der Waals surface area (Å²) in [5.74, 6) is 0.733. The zero-order valence-corrected chi connectivity index (χ0v) is 15.1. The molecule has 0 aliphatic rings. The third-order valence-electron chi connectivity index (χ3n) is 2.81. The molecule has 4 nitrogen and oxygen atoms in total. The van der Waals surface area contributed by atoms with Gasteiger partial charge in [0.2, 0.25) is 10.0 Å². The molecular formula is C14H13Br2NO3S. The molecule has 7 heteroatoms. The van der Waals surface area contributed by atoms with E-state index in [1.165, 1.54) is 0 Å². The number of ether oxygens (including phenoxy) is 1. The summed E-state index contributed by atoms with van der Waals surface area (Å²) in [5.41, 5.74) is 0.852. The lowest BCUT2D eigenvalue weighted by Gasteiger charge is -2.09. The van der Waals surface area contributed by atoms with Crippen LogP contribution in [0.4, 0.5) is 0 Å². The van der Waals surface area contributed by atoms with Crippen LogP contribution in [0.1, 0.15) is 5.56 Å². The van der Waals surface area contributed by atoms with Crippen molar-refractivity contribution in [2.75, 3.05) is 7.11 Å². The second-order valence-electron chi connectivity index (χ2n) is 4.25. The van der Waals surface area contributed by atoms with Crippen LogP contribution in [0.15, 0.2) is 56.3 Å². The molecule has 0 fully saturated rings. The zero-order valence-electron chi connectivity index (χ0n) is 11.1. The maximum absolute atomic E-state index is 12.3. The summed E-state index contributed by atoms with van der Waals surface area (Å²) in [6.45, 7) is 0.214. The normalized spacial score (nSPS) is 11.4. The van der Waals surface area contributed by atoms with Crippen molar-refractivity contribution in [2.24, 2.45) is 0 Å². The quantitative estimate of drug-likeness (QED) is 0.780. The van der Waals surface area contributed by atoms with Gasteiger partial charge in [-0.05, 0) is 51.8 Å². The van der Waals surface area contributed by atoms with E-state index in [0.29, 0.717) is 8.95 Å². The first kappa shape index (κ1) is 16.5. The molecule has 112 valence electrons. The molecule has 0 atom stereocenters. The second kappa shape index (κ2) is 6.91. The maximum atomic E-state index is 12.3. The first-order valence-electron chi connectivity index (χ1n) is 6.00. The predicted molar refractivity (Wildman–Crippen MR) is 88.9 cm³/mol. The molecule has 2 rings (SSSR count). The first-order valence-corrected chi connectivity index (χ1v) is 9.07. The fourth-order valence-corrected chi connectivity index (χ4v) is 4.20. The monoisotopic (exact) mass is 433 g/mol. The number of sulfonamides is 1. The van der Waals surface area contributed by atoms with Crippen LogP contribution in [-0.4, -0.2) is 15.5 Å². The minimum Gasteiger partial charge on any atom is -0.497 e. The van der Waals surface area contributed by atoms with E-state index in [2.05, 4.69) is 36.6 Å². The van der Waals surface area contributed by atoms with E-state index in [0.717, 1.165) is 11.3 Å². The maximum Gasteiger partial charge on any atom is 0.242 e. The summed E-state index contributed by atoms with van der Waals surface area (Å²) in [7, 11) is -2.00. The molecule has 2 aromatic carbocycles. The van der Waals surface area contributed by atoms with Crippen LogP contribution in [-0.2, 0) is 16.6 Å². The Bertz CT molecular complexity index is 730. The lowest BCUT2D eigenvalue weighted by Crippen LogP contribution is -2.23. The average Bonchev–Trinajstić information content (AvgIpc) is 2.48. The van der Waals surface area contributed by atoms with E-state index >= 15 is 0 Å². The number of hydrogen-bond donors (Lipinski definition) is 1. The highest BCUT2D eigenvalue weighted by molar-refractivity contribution is 9.11. The lowest BCUT2D eigenvalue weighted by atomic mass is 10.2. The molecule has 0 amide bonds. The summed E-state index contributed by atoms with van der Waals surface area (Å²) in [4.78, 5) is 0.199. The number of hydrogen-bond acceptors (Lipinski definition) is 3. The molecule has 2 aromatic rings. The van der Waals surface area contributed by atoms with E-state index in [-0.39, 0.29) is 11.4 Å². The Morgan fingerprint density at radius 1 is 1.10 bits per heavy atom. The van der Waals surface area contributed by atoms with Gasteiger partial charge in [0.05, 0.1) is 12.0 Å². The minimum atomic E-state index is -3.59. The standard InChI is InChI=1S/C14H13Br2NO3S/c1-20-12-5-2-10(3-6-12)9-17-21(18,19)14-8-11(15)4-7-13(14)16/h2-8,17H,9H2,1H3. The summed E-state index contributed by atoms with van der Waals surface area (Å²) < 4.78 is 33.5. The Morgan fingerprint density at radius 3 is 2.38 bits per heavy atom. The number of rotatable bonds is 5. The number of nitrogens with one attached hydrogen (secondary N) is 1. The van der Waals surface area contributed by atoms with Gasteiger partial charge in [-0.2, -0.15) is 0 Å². The molecule has 0 spiro atoms. The Labute approximate surface area is 140 Å². The van der Waals surface area contributed by atoms with Crippen molar-refractivity contribution in [2.45, 2.75) is 11.4 Å². The van der Waals surface area contributed by atoms with Crippen molar-refractivity contribution in [1.82, 2.24) is 4.72 Å². The van der Waals surface area contributed by atoms with Crippen molar-refractivity contribution >= 4 is 41.9 Å². The molecule has 0 saturated heterocycles. The molecule has 0 heterocycles. The van der Waals surface area contributed by atoms with Gasteiger partial charge in [-0.1, -0.05) is 28.1 Å². The molecule has 0 radical (unpaired) electrons. The SMILES string of the molecule is COc1ccc(CNS(=O)(=O)c2cc(Br)ccc2Br)cc1. The van der Waals surface area contributed by atoms with Crippen molar-refractivity contribution in [3.63, 3.8) is 0 Å². The lowest BCUT2D eigenvalue weighted by molar-refractivity contribution is 0.414. The minimum absolute atomic E-state index is 0.199. The number of halogens is 2. The van der Waals surface area contributed by atoms with Gasteiger partial charge in [0.25, 0.3) is 0 Å². The largest absolute Gasteiger partial charge is 0.497 e. The van der Waals surface area contributed by atoms with Crippen LogP contribution in [0.5, 0.6) is 5.75 Å². The van der Waals surface area contributed by atoms with E-state index in [4.69, 9.17) is 4.74 Å². The van der Waals surface area contributed by atoms with E-state index in [1.54, 1.807) is 37.4 Å². The smallest absolute Gasteiger partial charge is 0.242 e. The summed E-state index contributed by atoms with van der Waals surface area (Å²) in [6.07, 6.45) is 0. The molecule has 0 aromatic heterocycles. The Morgan fingerprint density at radius 2 is 1.76 bits per heavy atom. The highest BCUT2D eigenvalue weighted by Crippen LogP contribution is 2.25. The molecule has 21 heavy (non-hydrogen) atoms. The van der Waals surface area contributed by atoms with Crippen molar-refractivity contribution in [1.29, 1.82) is 0 Å². The topological polar surface area (TPSA) is 55.4 Å². The van der Waals surface area contributed by atoms with Gasteiger partial charge in [-0.3, -0.25) is 0 Å². The van der Waals surface area contributed by atoms with Crippen LogP contribution >= 0.6 is 31.9 Å². The number of benzene rings is 2. The van der Waals surface area contributed by atoms with Crippen molar-refractivity contribution in [3.05, 3.63) is 57.0 Å². The first-order chi connectivity index (χ1) is 9.92. The molecule has 0 aliphatic heterocycles. The van der Waals surface area contributed by atoms with Crippen LogP contribution < -0.4 is 9.46 Å². The highest BCUT2D eigenvalue weighted by Gasteiger charge is 2.17. The van der Waals surface area contributed by atoms with E-state index < -0.39 is 10.0 Å². The summed E-state index contributed by atoms with van der Waals surface area (Å²) >= 11 is 6.53. The summed E-state index contributed by atoms with van der Waals surface area (Å²) in [6, 6.07) is 12.2. The van der Waals surface area contributed by atoms with E-state index in [1.807, 2.05) is 12.1 Å². The van der Waals surface area contributed by atoms with Crippen LogP contribution in [0, 0.1) is 0 Å². The van der Waals surface area contributed by atoms with Crippen molar-refractivity contribution < 1.29 is 13.2 Å². The molecule has 0 aliphatic carbocycles. The van der Waals surface area contributed by atoms with Gasteiger partial charge in [0.1, 0.15) is 5.75 Å². The third-order valence-corrected chi connectivity index (χ3v) is 5.70. The second-order valence-corrected chi connectivity index (χ2v) is 7.75. The predicted octanol–water partition coefficient (Wildman–Crippen LogP) is 3.70. The number of methoxy groups -OCH3 is 1. The fourth-order valence-electron chi connectivity index (χ4n) is 1.68. The Kier molecular flexibility index (Phi) is 5.43. The molecule has 0 unspecified atom stereocenters. The van der Waals surface area contributed by atoms with Crippen molar-refractivity contribution in [3.8, 4) is 5.75 Å². The van der Waals surface area contributed by atoms with Gasteiger partial charge in [0.15, 0.2) is 0 Å². The average molecular weight is 435 g/mol. The van der Waals surface area contributed by atoms with Gasteiger partial charge < -0.3 is 4.74 Å². The van der Waals surface area contributed by atoms with Gasteiger partial charge in [0, 0.05) is 15.5 Å². The summed E-state index contributed by atoms with van der Waals surface area (Å²) in [5, 5.41) is 0. The Hall–Kier alpha value is -0.890. The Balaban J connectivity index is 2.15. The van der Waals surface area contributed by atoms with Crippen LogP contribution in [0.3, 0.4) is 0 Å². The fraction of sp³-hybridized carbons (Fsp3) is 0.143. The molecule has 0 saturated carbocycles. The zero-order chi connectivity index (χ0) is 15.5. The molecular weight excluding hydrogens is 422 g/mol.